The zero-order chi connectivity index (χ0) is 21.2. The number of aryl methyl sites for hydroxylation is 2. The van der Waals surface area contributed by atoms with Crippen molar-refractivity contribution in [1.29, 1.82) is 0 Å². The first-order valence-corrected chi connectivity index (χ1v) is 10.5. The van der Waals surface area contributed by atoms with Crippen LogP contribution in [-0.4, -0.2) is 25.6 Å². The second kappa shape index (κ2) is 8.19. The monoisotopic (exact) mass is 431 g/mol. The molecule has 3 aromatic heterocycles. The fourth-order valence-electron chi connectivity index (χ4n) is 3.03. The van der Waals surface area contributed by atoms with Gasteiger partial charge in [-0.3, -0.25) is 0 Å². The number of benzene rings is 2. The summed E-state index contributed by atoms with van der Waals surface area (Å²) in [5.41, 5.74) is 4.32. The van der Waals surface area contributed by atoms with Gasteiger partial charge in [0, 0.05) is 11.1 Å². The molecule has 0 aliphatic heterocycles. The first-order chi connectivity index (χ1) is 15.2. The van der Waals surface area contributed by atoms with Crippen LogP contribution in [0.15, 0.2) is 73.2 Å². The van der Waals surface area contributed by atoms with Crippen molar-refractivity contribution in [3.8, 4) is 34.2 Å². The Morgan fingerprint density at radius 1 is 0.774 bits per heavy atom. The van der Waals surface area contributed by atoms with Crippen LogP contribution in [0.3, 0.4) is 0 Å². The van der Waals surface area contributed by atoms with Crippen molar-refractivity contribution in [2.45, 2.75) is 24.8 Å². The summed E-state index contributed by atoms with van der Waals surface area (Å²) >= 11 is 1.33. The van der Waals surface area contributed by atoms with E-state index in [2.05, 4.69) is 25.6 Å². The third-order valence-corrected chi connectivity index (χ3v) is 5.42. The maximum absolute atomic E-state index is 5.86. The van der Waals surface area contributed by atoms with E-state index < -0.39 is 0 Å². The lowest BCUT2D eigenvalue weighted by molar-refractivity contribution is 0.399. The molecule has 3 heterocycles. The molecule has 0 amide bonds. The fourth-order valence-corrected chi connectivity index (χ4v) is 3.63. The van der Waals surface area contributed by atoms with Crippen molar-refractivity contribution in [3.63, 3.8) is 0 Å². The normalized spacial score (nSPS) is 11.2. The van der Waals surface area contributed by atoms with Gasteiger partial charge in [-0.25, -0.2) is 0 Å². The average molecular weight is 431 g/mol. The minimum atomic E-state index is 0.360. The van der Waals surface area contributed by atoms with Gasteiger partial charge in [0.15, 0.2) is 0 Å². The van der Waals surface area contributed by atoms with Gasteiger partial charge in [-0.2, -0.15) is 0 Å². The number of aromatic nitrogens is 5. The van der Waals surface area contributed by atoms with Crippen molar-refractivity contribution in [1.82, 2.24) is 25.6 Å². The van der Waals surface area contributed by atoms with Gasteiger partial charge in [0.2, 0.25) is 11.8 Å². The van der Waals surface area contributed by atoms with Crippen molar-refractivity contribution >= 4 is 11.8 Å². The van der Waals surface area contributed by atoms with Crippen LogP contribution in [0, 0.1) is 13.8 Å². The van der Waals surface area contributed by atoms with Crippen LogP contribution in [0.4, 0.5) is 0 Å². The summed E-state index contributed by atoms with van der Waals surface area (Å²) < 4.78 is 17.0. The molecular weight excluding hydrogens is 414 g/mol. The molecule has 9 heteroatoms. The lowest BCUT2D eigenvalue weighted by Gasteiger charge is -1.98. The van der Waals surface area contributed by atoms with E-state index in [4.69, 9.17) is 13.4 Å². The minimum absolute atomic E-state index is 0.360. The topological polar surface area (TPSA) is 104 Å². The largest absolute Gasteiger partial charge is 0.420 e. The predicted octanol–water partition coefficient (Wildman–Crippen LogP) is 5.35. The zero-order valence-electron chi connectivity index (χ0n) is 16.8. The number of hydrogen-bond donors (Lipinski definition) is 0. The van der Waals surface area contributed by atoms with Crippen molar-refractivity contribution in [2.24, 2.45) is 0 Å². The number of nitrogens with zero attached hydrogens (tertiary/aromatic N) is 5. The van der Waals surface area contributed by atoms with Gasteiger partial charge < -0.3 is 13.4 Å². The molecule has 0 atom stereocenters. The zero-order valence-corrected chi connectivity index (χ0v) is 17.6. The molecule has 0 saturated heterocycles. The van der Waals surface area contributed by atoms with Gasteiger partial charge in [-0.15, -0.1) is 20.4 Å². The Morgan fingerprint density at radius 2 is 1.55 bits per heavy atom. The highest BCUT2D eigenvalue weighted by atomic mass is 32.2. The van der Waals surface area contributed by atoms with Gasteiger partial charge in [0.05, 0.1) is 5.75 Å². The van der Waals surface area contributed by atoms with Gasteiger partial charge in [-0.05, 0) is 26.0 Å². The second-order valence-electron chi connectivity index (χ2n) is 6.86. The Morgan fingerprint density at radius 3 is 2.35 bits per heavy atom. The molecular formula is C22H17N5O3S. The van der Waals surface area contributed by atoms with Crippen LogP contribution >= 0.6 is 11.8 Å². The highest BCUT2D eigenvalue weighted by Crippen LogP contribution is 2.34. The molecule has 154 valence electrons. The van der Waals surface area contributed by atoms with Gasteiger partial charge in [-0.1, -0.05) is 64.9 Å². The Kier molecular flexibility index (Phi) is 5.09. The summed E-state index contributed by atoms with van der Waals surface area (Å²) in [5, 5.41) is 21.1. The molecule has 0 unspecified atom stereocenters. The third kappa shape index (κ3) is 3.99. The lowest BCUT2D eigenvalue weighted by Crippen LogP contribution is -1.84. The fraction of sp³-hybridized carbons (Fsp3) is 0.136. The van der Waals surface area contributed by atoms with E-state index in [1.54, 1.807) is 0 Å². The minimum Gasteiger partial charge on any atom is -0.420 e. The predicted molar refractivity (Wildman–Crippen MR) is 114 cm³/mol. The Hall–Kier alpha value is -3.72. The summed E-state index contributed by atoms with van der Waals surface area (Å²) in [7, 11) is 0. The quantitative estimate of drug-likeness (QED) is 0.329. The summed E-state index contributed by atoms with van der Waals surface area (Å²) in [6.45, 7) is 3.85. The Bertz CT molecular complexity index is 1310. The highest BCUT2D eigenvalue weighted by molar-refractivity contribution is 7.98. The van der Waals surface area contributed by atoms with E-state index in [0.29, 0.717) is 45.7 Å². The molecule has 0 aliphatic carbocycles. The molecule has 5 rings (SSSR count). The number of thioether (sulfide) groups is 1. The van der Waals surface area contributed by atoms with E-state index >= 15 is 0 Å². The van der Waals surface area contributed by atoms with Crippen LogP contribution in [0.25, 0.3) is 34.2 Å². The summed E-state index contributed by atoms with van der Waals surface area (Å²) in [6.07, 6.45) is 0. The first-order valence-electron chi connectivity index (χ1n) is 9.55. The first kappa shape index (κ1) is 19.3. The van der Waals surface area contributed by atoms with Gasteiger partial charge in [0.1, 0.15) is 17.0 Å². The van der Waals surface area contributed by atoms with E-state index in [-0.39, 0.29) is 0 Å². The van der Waals surface area contributed by atoms with Gasteiger partial charge >= 0.3 is 0 Å². The average Bonchev–Trinajstić information content (AvgIpc) is 3.53. The second-order valence-corrected chi connectivity index (χ2v) is 7.78. The standard InChI is InChI=1S/C22H17N5O3S/c1-13-8-10-16(11-9-13)20-24-26-22(29-20)31-12-17-23-25-21(28-17)18-14(2)30-27-19(18)15-6-4-3-5-7-15/h3-11H,12H2,1-2H3. The van der Waals surface area contributed by atoms with Crippen LogP contribution in [0.2, 0.25) is 0 Å². The summed E-state index contributed by atoms with van der Waals surface area (Å²) in [4.78, 5) is 0. The Balaban J connectivity index is 1.32. The summed E-state index contributed by atoms with van der Waals surface area (Å²) in [6, 6.07) is 17.6. The van der Waals surface area contributed by atoms with E-state index in [0.717, 1.165) is 11.1 Å². The molecule has 5 aromatic rings. The van der Waals surface area contributed by atoms with Crippen molar-refractivity contribution in [2.75, 3.05) is 0 Å². The maximum Gasteiger partial charge on any atom is 0.277 e. The molecule has 0 fully saturated rings. The van der Waals surface area contributed by atoms with E-state index in [9.17, 15) is 0 Å². The van der Waals surface area contributed by atoms with E-state index in [1.165, 1.54) is 17.3 Å². The molecule has 0 N–H and O–H groups in total. The van der Waals surface area contributed by atoms with Gasteiger partial charge in [0.25, 0.3) is 11.1 Å². The molecule has 31 heavy (non-hydrogen) atoms. The van der Waals surface area contributed by atoms with Crippen LogP contribution < -0.4 is 0 Å². The molecule has 0 bridgehead atoms. The van der Waals surface area contributed by atoms with Crippen LogP contribution in [0.5, 0.6) is 0 Å². The molecule has 0 aliphatic rings. The SMILES string of the molecule is Cc1ccc(-c2nnc(SCc3nnc(-c4c(-c5ccccc5)noc4C)o3)o2)cc1. The lowest BCUT2D eigenvalue weighted by atomic mass is 10.1. The molecule has 0 spiro atoms. The molecule has 0 saturated carbocycles. The smallest absolute Gasteiger partial charge is 0.277 e. The Labute approximate surface area is 181 Å². The number of rotatable bonds is 6. The molecule has 0 radical (unpaired) electrons. The third-order valence-electron chi connectivity index (χ3n) is 4.61. The molecule has 2 aromatic carbocycles. The number of hydrogen-bond acceptors (Lipinski definition) is 9. The van der Waals surface area contributed by atoms with Crippen molar-refractivity contribution < 1.29 is 13.4 Å². The van der Waals surface area contributed by atoms with E-state index in [1.807, 2.05) is 68.4 Å². The van der Waals surface area contributed by atoms with Crippen LogP contribution in [0.1, 0.15) is 17.2 Å². The molecule has 8 nitrogen and oxygen atoms in total. The van der Waals surface area contributed by atoms with Crippen molar-refractivity contribution in [3.05, 3.63) is 71.8 Å². The highest BCUT2D eigenvalue weighted by Gasteiger charge is 2.22. The van der Waals surface area contributed by atoms with Crippen LogP contribution in [-0.2, 0) is 5.75 Å². The summed E-state index contributed by atoms with van der Waals surface area (Å²) in [5.74, 6) is 2.28. The maximum atomic E-state index is 5.86.